The summed E-state index contributed by atoms with van der Waals surface area (Å²) in [6.07, 6.45) is 1.84. The van der Waals surface area contributed by atoms with Crippen LogP contribution in [0, 0.1) is 17.5 Å². The van der Waals surface area contributed by atoms with Gasteiger partial charge in [0, 0.05) is 35.8 Å². The first-order chi connectivity index (χ1) is 17.0. The molecule has 0 aliphatic carbocycles. The van der Waals surface area contributed by atoms with E-state index in [-0.39, 0.29) is 17.8 Å². The lowest BCUT2D eigenvalue weighted by molar-refractivity contribution is -0.904. The van der Waals surface area contributed by atoms with Gasteiger partial charge in [-0.3, -0.25) is 14.5 Å². The van der Waals surface area contributed by atoms with Gasteiger partial charge in [-0.2, -0.15) is 0 Å². The summed E-state index contributed by atoms with van der Waals surface area (Å²) in [5, 5.41) is 9.47. The van der Waals surface area contributed by atoms with Gasteiger partial charge >= 0.3 is 6.03 Å². The summed E-state index contributed by atoms with van der Waals surface area (Å²) in [5.74, 6) is -6.96. The first kappa shape index (κ1) is 25.3. The molecule has 1 aromatic heterocycles. The number of carbonyl (C=O) groups excluding carboxylic acids is 1. The van der Waals surface area contributed by atoms with Gasteiger partial charge < -0.3 is 4.90 Å². The number of anilines is 1. The van der Waals surface area contributed by atoms with Gasteiger partial charge in [0.25, 0.3) is 5.92 Å². The molecule has 2 aromatic carbocycles. The molecule has 11 heteroatoms. The van der Waals surface area contributed by atoms with Crippen molar-refractivity contribution in [3.63, 3.8) is 0 Å². The molecule has 1 aliphatic heterocycles. The van der Waals surface area contributed by atoms with E-state index >= 15 is 4.39 Å². The van der Waals surface area contributed by atoms with E-state index in [0.717, 1.165) is 46.0 Å². The second-order valence-corrected chi connectivity index (χ2v) is 8.67. The van der Waals surface area contributed by atoms with Crippen LogP contribution >= 0.6 is 0 Å². The predicted octanol–water partition coefficient (Wildman–Crippen LogP) is 5.33. The monoisotopic (exact) mass is 510 g/mol. The minimum atomic E-state index is -3.50. The quantitative estimate of drug-likeness (QED) is 0.266. The van der Waals surface area contributed by atoms with Crippen molar-refractivity contribution in [2.45, 2.75) is 31.4 Å². The Morgan fingerprint density at radius 2 is 1.64 bits per heavy atom. The molecular formula is C25H22F6N3O2+. The van der Waals surface area contributed by atoms with Crippen LogP contribution in [0.4, 0.5) is 36.8 Å². The molecule has 5 nitrogen and oxygen atoms in total. The minimum absolute atomic E-state index is 0.0504. The SMILES string of the molecule is CC(F)(F)CN1C(=O)N(Cc2cc[n+](O)cc2)c2ccc(F)c(F)c2C1(CCF)c1ccc(F)cc1. The first-order valence-corrected chi connectivity index (χ1v) is 10.9. The number of nitrogens with zero attached hydrogens (tertiary/aromatic N) is 3. The van der Waals surface area contributed by atoms with Gasteiger partial charge in [-0.05, 0) is 35.4 Å². The largest absolute Gasteiger partial charge is 0.326 e. The molecule has 4 rings (SSSR count). The van der Waals surface area contributed by atoms with Crippen molar-refractivity contribution in [3.05, 3.63) is 95.1 Å². The smallest absolute Gasteiger partial charge is 0.304 e. The molecule has 190 valence electrons. The Hall–Kier alpha value is -3.76. The van der Waals surface area contributed by atoms with E-state index < -0.39 is 60.1 Å². The summed E-state index contributed by atoms with van der Waals surface area (Å²) in [6.45, 7) is -2.13. The second-order valence-electron chi connectivity index (χ2n) is 8.67. The maximum Gasteiger partial charge on any atom is 0.326 e. The molecule has 36 heavy (non-hydrogen) atoms. The Bertz CT molecular complexity index is 1260. The van der Waals surface area contributed by atoms with Crippen molar-refractivity contribution in [1.29, 1.82) is 0 Å². The molecule has 0 saturated carbocycles. The van der Waals surface area contributed by atoms with Crippen LogP contribution < -0.4 is 9.63 Å². The third-order valence-electron chi connectivity index (χ3n) is 6.14. The molecule has 1 atom stereocenters. The van der Waals surface area contributed by atoms with Crippen molar-refractivity contribution in [1.82, 2.24) is 4.90 Å². The molecule has 0 spiro atoms. The summed E-state index contributed by atoms with van der Waals surface area (Å²) in [4.78, 5) is 15.4. The van der Waals surface area contributed by atoms with Crippen molar-refractivity contribution in [2.75, 3.05) is 18.1 Å². The van der Waals surface area contributed by atoms with Crippen molar-refractivity contribution < 1.29 is 41.1 Å². The average molecular weight is 510 g/mol. The molecular weight excluding hydrogens is 488 g/mol. The van der Waals surface area contributed by atoms with E-state index in [9.17, 15) is 32.0 Å². The highest BCUT2D eigenvalue weighted by Gasteiger charge is 2.54. The van der Waals surface area contributed by atoms with Crippen LogP contribution in [0.2, 0.25) is 0 Å². The van der Waals surface area contributed by atoms with Crippen LogP contribution in [0.15, 0.2) is 60.9 Å². The minimum Gasteiger partial charge on any atom is -0.304 e. The maximum atomic E-state index is 15.6. The van der Waals surface area contributed by atoms with Crippen molar-refractivity contribution >= 4 is 11.7 Å². The second kappa shape index (κ2) is 9.36. The van der Waals surface area contributed by atoms with Gasteiger partial charge in [0.1, 0.15) is 11.4 Å². The van der Waals surface area contributed by atoms with Gasteiger partial charge in [0.15, 0.2) is 11.6 Å². The van der Waals surface area contributed by atoms with Crippen LogP contribution in [0.3, 0.4) is 0 Å². The fourth-order valence-electron chi connectivity index (χ4n) is 4.64. The number of hydrogen-bond donors (Lipinski definition) is 1. The Kier molecular flexibility index (Phi) is 6.59. The Labute approximate surface area is 202 Å². The number of hydrogen-bond acceptors (Lipinski definition) is 2. The number of halogens is 6. The molecule has 0 fully saturated rings. The molecule has 1 aliphatic rings. The van der Waals surface area contributed by atoms with Crippen LogP contribution in [0.25, 0.3) is 0 Å². The summed E-state index contributed by atoms with van der Waals surface area (Å²) in [6, 6.07) is 8.01. The van der Waals surface area contributed by atoms with Gasteiger partial charge in [0.05, 0.1) is 25.5 Å². The molecule has 1 N–H and O–H groups in total. The van der Waals surface area contributed by atoms with Crippen LogP contribution in [-0.2, 0) is 12.1 Å². The fraction of sp³-hybridized carbons (Fsp3) is 0.280. The van der Waals surface area contributed by atoms with Crippen LogP contribution in [0.1, 0.15) is 30.0 Å². The lowest BCUT2D eigenvalue weighted by atomic mass is 9.75. The van der Waals surface area contributed by atoms with Crippen molar-refractivity contribution in [2.24, 2.45) is 0 Å². The summed E-state index contributed by atoms with van der Waals surface area (Å²) >= 11 is 0. The Morgan fingerprint density at radius 1 is 1.00 bits per heavy atom. The highest BCUT2D eigenvalue weighted by atomic mass is 19.3. The van der Waals surface area contributed by atoms with Crippen LogP contribution in [0.5, 0.6) is 0 Å². The molecule has 2 heterocycles. The van der Waals surface area contributed by atoms with E-state index in [1.807, 2.05) is 0 Å². The third kappa shape index (κ3) is 4.45. The Morgan fingerprint density at radius 3 is 2.22 bits per heavy atom. The number of urea groups is 1. The van der Waals surface area contributed by atoms with Gasteiger partial charge in [-0.1, -0.05) is 12.1 Å². The molecule has 2 amide bonds. The molecule has 0 radical (unpaired) electrons. The van der Waals surface area contributed by atoms with E-state index in [4.69, 9.17) is 0 Å². The van der Waals surface area contributed by atoms with Crippen molar-refractivity contribution in [3.8, 4) is 0 Å². The number of benzene rings is 2. The number of rotatable bonds is 7. The first-order valence-electron chi connectivity index (χ1n) is 10.9. The van der Waals surface area contributed by atoms with E-state index in [0.29, 0.717) is 17.4 Å². The van der Waals surface area contributed by atoms with Crippen LogP contribution in [-0.4, -0.2) is 35.3 Å². The molecule has 0 bridgehead atoms. The standard InChI is InChI=1S/C25H22F6N3O2/c1-24(30,31)15-34-23(35)33(14-16-8-12-32(36)13-9-16)20-7-6-19(28)22(29)21(20)25(34,10-11-26)17-2-4-18(27)5-3-17/h2-9,12-13,36H,10-11,14-15H2,1H3/q+1. The van der Waals surface area contributed by atoms with E-state index in [1.54, 1.807) is 0 Å². The number of alkyl halides is 3. The van der Waals surface area contributed by atoms with Gasteiger partial charge in [-0.15, -0.1) is 0 Å². The van der Waals surface area contributed by atoms with Gasteiger partial charge in [-0.25, -0.2) is 26.7 Å². The molecule has 0 saturated heterocycles. The molecule has 3 aromatic rings. The summed E-state index contributed by atoms with van der Waals surface area (Å²) in [7, 11) is 0. The highest BCUT2D eigenvalue weighted by molar-refractivity contribution is 5.97. The third-order valence-corrected chi connectivity index (χ3v) is 6.14. The number of fused-ring (bicyclic) bond motifs is 1. The zero-order valence-electron chi connectivity index (χ0n) is 19.1. The highest BCUT2D eigenvalue weighted by Crippen LogP contribution is 2.50. The fourth-order valence-corrected chi connectivity index (χ4v) is 4.64. The topological polar surface area (TPSA) is 47.7 Å². The average Bonchev–Trinajstić information content (AvgIpc) is 2.82. The summed E-state index contributed by atoms with van der Waals surface area (Å²) in [5.41, 5.74) is -2.46. The lowest BCUT2D eigenvalue weighted by Gasteiger charge is -2.52. The normalized spacial score (nSPS) is 17.9. The number of pyridine rings is 1. The number of carbonyl (C=O) groups is 1. The van der Waals surface area contributed by atoms with Gasteiger partial charge in [0.2, 0.25) is 12.4 Å². The zero-order valence-corrected chi connectivity index (χ0v) is 19.1. The van der Waals surface area contributed by atoms with E-state index in [2.05, 4.69) is 0 Å². The Balaban J connectivity index is 2.03. The summed E-state index contributed by atoms with van der Waals surface area (Å²) < 4.78 is 87.6. The maximum absolute atomic E-state index is 15.6. The predicted molar refractivity (Wildman–Crippen MR) is 117 cm³/mol. The lowest BCUT2D eigenvalue weighted by Crippen LogP contribution is -2.62. The number of aromatic nitrogens is 1. The number of amides is 2. The zero-order chi connectivity index (χ0) is 26.3. The molecule has 1 unspecified atom stereocenters. The van der Waals surface area contributed by atoms with E-state index in [1.165, 1.54) is 24.5 Å².